The second kappa shape index (κ2) is 19.0. The van der Waals surface area contributed by atoms with Gasteiger partial charge >= 0.3 is 5.97 Å². The standard InChI is InChI=1S/C22H32O2/c1-3-5-6-7-8-9-10-11-12-13-14-15-16-17-18-19-20-21-22(23)24-4-2/h5-6,8-9,11-12,14-15,18-21H,3-4,7,10,13,16-17H2,1-2H3. The second-order valence-electron chi connectivity index (χ2n) is 5.12. The Morgan fingerprint density at radius 1 is 0.708 bits per heavy atom. The van der Waals surface area contributed by atoms with Crippen molar-refractivity contribution in [2.75, 3.05) is 6.61 Å². The summed E-state index contributed by atoms with van der Waals surface area (Å²) >= 11 is 0. The molecule has 0 atom stereocenters. The number of unbranched alkanes of at least 4 members (excludes halogenated alkanes) is 1. The van der Waals surface area contributed by atoms with Crippen molar-refractivity contribution >= 4 is 5.97 Å². The number of allylic oxidation sites excluding steroid dienone is 11. The zero-order valence-corrected chi connectivity index (χ0v) is 15.2. The van der Waals surface area contributed by atoms with Crippen LogP contribution in [0.25, 0.3) is 0 Å². The van der Waals surface area contributed by atoms with E-state index in [9.17, 15) is 4.79 Å². The van der Waals surface area contributed by atoms with E-state index in [1.807, 2.05) is 12.2 Å². The van der Waals surface area contributed by atoms with Gasteiger partial charge in [-0.15, -0.1) is 0 Å². The van der Waals surface area contributed by atoms with Gasteiger partial charge in [0.05, 0.1) is 6.61 Å². The quantitative estimate of drug-likeness (QED) is 0.131. The minimum absolute atomic E-state index is 0.291. The maximum absolute atomic E-state index is 11.0. The first kappa shape index (κ1) is 21.9. The molecule has 24 heavy (non-hydrogen) atoms. The zero-order chi connectivity index (χ0) is 17.7. The summed E-state index contributed by atoms with van der Waals surface area (Å²) in [5.74, 6) is -0.291. The highest BCUT2D eigenvalue weighted by molar-refractivity contribution is 5.82. The van der Waals surface area contributed by atoms with E-state index in [0.717, 1.165) is 38.5 Å². The van der Waals surface area contributed by atoms with Crippen LogP contribution in [0.2, 0.25) is 0 Å². The van der Waals surface area contributed by atoms with Crippen LogP contribution >= 0.6 is 0 Å². The van der Waals surface area contributed by atoms with E-state index in [0.29, 0.717) is 6.61 Å². The average Bonchev–Trinajstić information content (AvgIpc) is 2.58. The Kier molecular flexibility index (Phi) is 17.3. The Hall–Kier alpha value is -2.09. The monoisotopic (exact) mass is 328 g/mol. The van der Waals surface area contributed by atoms with Crippen LogP contribution in [0.15, 0.2) is 72.9 Å². The molecule has 0 heterocycles. The molecule has 0 aliphatic heterocycles. The first-order valence-corrected chi connectivity index (χ1v) is 8.91. The molecule has 0 aromatic rings. The van der Waals surface area contributed by atoms with Gasteiger partial charge in [-0.1, -0.05) is 73.8 Å². The lowest BCUT2D eigenvalue weighted by Gasteiger charge is -1.92. The molecule has 0 aromatic heterocycles. The Bertz CT molecular complexity index is 462. The van der Waals surface area contributed by atoms with Gasteiger partial charge in [0, 0.05) is 6.08 Å². The van der Waals surface area contributed by atoms with E-state index in [-0.39, 0.29) is 5.97 Å². The van der Waals surface area contributed by atoms with Gasteiger partial charge in [0.15, 0.2) is 0 Å². The third-order valence-corrected chi connectivity index (χ3v) is 2.98. The van der Waals surface area contributed by atoms with Crippen LogP contribution in [0.5, 0.6) is 0 Å². The third-order valence-electron chi connectivity index (χ3n) is 2.98. The van der Waals surface area contributed by atoms with Gasteiger partial charge in [-0.3, -0.25) is 0 Å². The first-order chi connectivity index (χ1) is 11.8. The molecule has 0 aliphatic rings. The summed E-state index contributed by atoms with van der Waals surface area (Å²) in [7, 11) is 0. The second-order valence-corrected chi connectivity index (χ2v) is 5.12. The number of hydrogen-bond donors (Lipinski definition) is 0. The number of rotatable bonds is 13. The van der Waals surface area contributed by atoms with Crippen molar-refractivity contribution < 1.29 is 9.53 Å². The maximum Gasteiger partial charge on any atom is 0.330 e. The smallest absolute Gasteiger partial charge is 0.330 e. The van der Waals surface area contributed by atoms with Crippen LogP contribution in [0.1, 0.15) is 52.4 Å². The van der Waals surface area contributed by atoms with E-state index >= 15 is 0 Å². The summed E-state index contributed by atoms with van der Waals surface area (Å²) in [4.78, 5) is 11.0. The molecule has 0 rings (SSSR count). The Balaban J connectivity index is 3.57. The maximum atomic E-state index is 11.0. The lowest BCUT2D eigenvalue weighted by atomic mass is 10.2. The molecule has 0 aromatic carbocycles. The molecule has 0 saturated heterocycles. The highest BCUT2D eigenvalue weighted by Gasteiger charge is 1.89. The Morgan fingerprint density at radius 3 is 1.83 bits per heavy atom. The first-order valence-electron chi connectivity index (χ1n) is 8.91. The van der Waals surface area contributed by atoms with Gasteiger partial charge in [-0.25, -0.2) is 4.79 Å². The molecule has 0 N–H and O–H groups in total. The van der Waals surface area contributed by atoms with Gasteiger partial charge in [-0.05, 0) is 45.4 Å². The molecule has 0 spiro atoms. The number of carbonyl (C=O) groups excluding carboxylic acids is 1. The molecule has 2 heteroatoms. The molecule has 0 amide bonds. The van der Waals surface area contributed by atoms with Crippen molar-refractivity contribution in [2.45, 2.75) is 52.4 Å². The summed E-state index contributed by atoms with van der Waals surface area (Å²) in [5, 5.41) is 0. The van der Waals surface area contributed by atoms with Crippen LogP contribution in [-0.2, 0) is 9.53 Å². The summed E-state index contributed by atoms with van der Waals surface area (Å²) in [5.41, 5.74) is 0. The van der Waals surface area contributed by atoms with E-state index in [4.69, 9.17) is 4.74 Å². The van der Waals surface area contributed by atoms with Crippen molar-refractivity contribution in [3.8, 4) is 0 Å². The van der Waals surface area contributed by atoms with Gasteiger partial charge in [-0.2, -0.15) is 0 Å². The summed E-state index contributed by atoms with van der Waals surface area (Å²) in [6.45, 7) is 4.36. The van der Waals surface area contributed by atoms with E-state index in [2.05, 4.69) is 55.5 Å². The Morgan fingerprint density at radius 2 is 1.25 bits per heavy atom. The molecular formula is C22H32O2. The van der Waals surface area contributed by atoms with E-state index in [1.165, 1.54) is 6.08 Å². The molecule has 0 bridgehead atoms. The number of hydrogen-bond acceptors (Lipinski definition) is 2. The molecule has 0 fully saturated rings. The van der Waals surface area contributed by atoms with Gasteiger partial charge < -0.3 is 4.74 Å². The van der Waals surface area contributed by atoms with Crippen molar-refractivity contribution in [1.82, 2.24) is 0 Å². The van der Waals surface area contributed by atoms with Crippen molar-refractivity contribution in [3.05, 3.63) is 72.9 Å². The molecule has 2 nitrogen and oxygen atoms in total. The molecule has 0 aliphatic carbocycles. The van der Waals surface area contributed by atoms with Gasteiger partial charge in [0.2, 0.25) is 0 Å². The lowest BCUT2D eigenvalue weighted by molar-refractivity contribution is -0.137. The minimum atomic E-state index is -0.291. The van der Waals surface area contributed by atoms with Crippen molar-refractivity contribution in [2.24, 2.45) is 0 Å². The predicted molar refractivity (Wildman–Crippen MR) is 105 cm³/mol. The minimum Gasteiger partial charge on any atom is -0.463 e. The average molecular weight is 328 g/mol. The number of ether oxygens (including phenoxy) is 1. The van der Waals surface area contributed by atoms with Crippen LogP contribution in [-0.4, -0.2) is 12.6 Å². The molecule has 0 unspecified atom stereocenters. The summed E-state index contributed by atoms with van der Waals surface area (Å²) in [6.07, 6.45) is 30.8. The van der Waals surface area contributed by atoms with E-state index in [1.54, 1.807) is 13.0 Å². The highest BCUT2D eigenvalue weighted by Crippen LogP contribution is 1.97. The predicted octanol–water partition coefficient (Wildman–Crippen LogP) is 6.25. The van der Waals surface area contributed by atoms with Gasteiger partial charge in [0.1, 0.15) is 0 Å². The van der Waals surface area contributed by atoms with Crippen LogP contribution in [0.3, 0.4) is 0 Å². The summed E-state index contributed by atoms with van der Waals surface area (Å²) < 4.78 is 4.79. The normalized spacial score (nSPS) is 12.9. The topological polar surface area (TPSA) is 26.3 Å². The van der Waals surface area contributed by atoms with Gasteiger partial charge in [0.25, 0.3) is 0 Å². The van der Waals surface area contributed by atoms with Crippen molar-refractivity contribution in [3.63, 3.8) is 0 Å². The SMILES string of the molecule is CCC=CCC=CCC=CCC=CCCC=CC=CC(=O)OCC. The highest BCUT2D eigenvalue weighted by atomic mass is 16.5. The fourth-order valence-corrected chi connectivity index (χ4v) is 1.79. The largest absolute Gasteiger partial charge is 0.463 e. The van der Waals surface area contributed by atoms with Crippen LogP contribution in [0, 0.1) is 0 Å². The molecule has 0 saturated carbocycles. The number of carbonyl (C=O) groups is 1. The fourth-order valence-electron chi connectivity index (χ4n) is 1.79. The van der Waals surface area contributed by atoms with Crippen molar-refractivity contribution in [1.29, 1.82) is 0 Å². The molecule has 0 radical (unpaired) electrons. The lowest BCUT2D eigenvalue weighted by Crippen LogP contribution is -1.98. The van der Waals surface area contributed by atoms with E-state index < -0.39 is 0 Å². The van der Waals surface area contributed by atoms with Crippen LogP contribution in [0.4, 0.5) is 0 Å². The van der Waals surface area contributed by atoms with Crippen LogP contribution < -0.4 is 0 Å². The summed E-state index contributed by atoms with van der Waals surface area (Å²) in [6, 6.07) is 0. The fraction of sp³-hybridized carbons (Fsp3) is 0.409. The molecular weight excluding hydrogens is 296 g/mol. The molecule has 132 valence electrons. The zero-order valence-electron chi connectivity index (χ0n) is 15.2. The third kappa shape index (κ3) is 18.0. The number of esters is 1. The Labute approximate surface area is 148 Å².